The first-order valence-electron chi connectivity index (χ1n) is 11.2. The van der Waals surface area contributed by atoms with Crippen LogP contribution >= 0.6 is 0 Å². The lowest BCUT2D eigenvalue weighted by Gasteiger charge is -2.07. The molecule has 3 N–H and O–H groups in total. The van der Waals surface area contributed by atoms with Crippen LogP contribution in [0.1, 0.15) is 34.2 Å². The normalized spacial score (nSPS) is 12.2. The van der Waals surface area contributed by atoms with Crippen molar-refractivity contribution >= 4 is 46.5 Å². The standard InChI is InChI=1S/C28H26N6/c1-18-4-7-22(32-18)15-29-21-10-11-25-26(14-21)28(31-17-24-9-6-20(3)34-24)13-12-27(25)30-16-23-8-5-19(2)33-23/h4-17,32-34H,1-3H3. The van der Waals surface area contributed by atoms with Gasteiger partial charge in [0.2, 0.25) is 0 Å². The van der Waals surface area contributed by atoms with Gasteiger partial charge in [-0.25, -0.2) is 0 Å². The van der Waals surface area contributed by atoms with Gasteiger partial charge in [-0.05, 0) is 87.5 Å². The molecule has 0 amide bonds. The Hall–Kier alpha value is -4.45. The minimum Gasteiger partial charge on any atom is -0.358 e. The molecule has 0 fully saturated rings. The third kappa shape index (κ3) is 4.81. The fourth-order valence-corrected chi connectivity index (χ4v) is 3.84. The number of fused-ring (bicyclic) bond motifs is 1. The number of hydrogen-bond donors (Lipinski definition) is 3. The second kappa shape index (κ2) is 9.19. The average Bonchev–Trinajstić information content (AvgIpc) is 3.56. The quantitative estimate of drug-likeness (QED) is 0.235. The lowest BCUT2D eigenvalue weighted by atomic mass is 10.1. The molecule has 0 saturated carbocycles. The van der Waals surface area contributed by atoms with Crippen LogP contribution in [0.25, 0.3) is 10.8 Å². The number of aromatic nitrogens is 3. The molecule has 2 aromatic carbocycles. The summed E-state index contributed by atoms with van der Waals surface area (Å²) < 4.78 is 0. The van der Waals surface area contributed by atoms with Crippen molar-refractivity contribution in [2.75, 3.05) is 0 Å². The maximum absolute atomic E-state index is 4.77. The average molecular weight is 447 g/mol. The van der Waals surface area contributed by atoms with E-state index < -0.39 is 0 Å². The molecule has 6 heteroatoms. The number of aliphatic imine (C=N–C) groups is 3. The van der Waals surface area contributed by atoms with Gasteiger partial charge in [-0.2, -0.15) is 0 Å². The van der Waals surface area contributed by atoms with Gasteiger partial charge in [0.25, 0.3) is 0 Å². The van der Waals surface area contributed by atoms with Crippen molar-refractivity contribution in [1.82, 2.24) is 15.0 Å². The molecule has 0 atom stereocenters. The molecule has 34 heavy (non-hydrogen) atoms. The monoisotopic (exact) mass is 446 g/mol. The third-order valence-electron chi connectivity index (χ3n) is 5.56. The van der Waals surface area contributed by atoms with Crippen LogP contribution in [0.5, 0.6) is 0 Å². The Balaban J connectivity index is 1.55. The number of benzene rings is 2. The van der Waals surface area contributed by atoms with Gasteiger partial charge in [-0.3, -0.25) is 15.0 Å². The smallest absolute Gasteiger partial charge is 0.0711 e. The highest BCUT2D eigenvalue weighted by atomic mass is 14.8. The number of hydrogen-bond acceptors (Lipinski definition) is 3. The van der Waals surface area contributed by atoms with Gasteiger partial charge in [0, 0.05) is 27.9 Å². The highest BCUT2D eigenvalue weighted by Crippen LogP contribution is 2.36. The molecule has 0 aliphatic carbocycles. The van der Waals surface area contributed by atoms with Crippen LogP contribution < -0.4 is 0 Å². The molecule has 0 aliphatic heterocycles. The molecule has 3 heterocycles. The zero-order chi connectivity index (χ0) is 23.5. The first-order valence-corrected chi connectivity index (χ1v) is 11.2. The van der Waals surface area contributed by atoms with Crippen molar-refractivity contribution in [3.63, 3.8) is 0 Å². The lowest BCUT2D eigenvalue weighted by molar-refractivity contribution is 1.25. The molecule has 0 bridgehead atoms. The highest BCUT2D eigenvalue weighted by Gasteiger charge is 2.07. The van der Waals surface area contributed by atoms with Gasteiger partial charge in [-0.1, -0.05) is 0 Å². The van der Waals surface area contributed by atoms with Gasteiger partial charge in [0.05, 0.1) is 52.8 Å². The molecule has 5 aromatic rings. The molecule has 0 spiro atoms. The topological polar surface area (TPSA) is 84.4 Å². The van der Waals surface area contributed by atoms with E-state index in [9.17, 15) is 0 Å². The van der Waals surface area contributed by atoms with Crippen molar-refractivity contribution in [2.45, 2.75) is 20.8 Å². The summed E-state index contributed by atoms with van der Waals surface area (Å²) in [4.78, 5) is 24.1. The van der Waals surface area contributed by atoms with E-state index in [2.05, 4.69) is 32.1 Å². The lowest BCUT2D eigenvalue weighted by Crippen LogP contribution is -1.84. The van der Waals surface area contributed by atoms with Crippen molar-refractivity contribution in [2.24, 2.45) is 15.0 Å². The number of aryl methyl sites for hydroxylation is 3. The van der Waals surface area contributed by atoms with E-state index in [0.29, 0.717) is 0 Å². The maximum Gasteiger partial charge on any atom is 0.0711 e. The first-order chi connectivity index (χ1) is 16.5. The van der Waals surface area contributed by atoms with E-state index in [-0.39, 0.29) is 0 Å². The molecular formula is C28H26N6. The van der Waals surface area contributed by atoms with E-state index in [1.807, 2.05) is 94.0 Å². The largest absolute Gasteiger partial charge is 0.358 e. The molecular weight excluding hydrogens is 420 g/mol. The summed E-state index contributed by atoms with van der Waals surface area (Å²) in [6.07, 6.45) is 5.55. The molecule has 0 saturated heterocycles. The second-order valence-corrected chi connectivity index (χ2v) is 8.40. The number of nitrogens with zero attached hydrogens (tertiary/aromatic N) is 3. The predicted octanol–water partition coefficient (Wildman–Crippen LogP) is 7.00. The summed E-state index contributed by atoms with van der Waals surface area (Å²) >= 11 is 0. The van der Waals surface area contributed by atoms with Gasteiger partial charge < -0.3 is 15.0 Å². The zero-order valence-electron chi connectivity index (χ0n) is 19.4. The molecule has 3 aromatic heterocycles. The summed E-state index contributed by atoms with van der Waals surface area (Å²) in [6, 6.07) is 22.3. The third-order valence-corrected chi connectivity index (χ3v) is 5.56. The van der Waals surface area contributed by atoms with Crippen molar-refractivity contribution in [3.8, 4) is 0 Å². The second-order valence-electron chi connectivity index (χ2n) is 8.40. The van der Waals surface area contributed by atoms with Crippen LogP contribution in [0.2, 0.25) is 0 Å². The molecule has 168 valence electrons. The fraction of sp³-hybridized carbons (Fsp3) is 0.107. The van der Waals surface area contributed by atoms with E-state index in [1.165, 1.54) is 0 Å². The Morgan fingerprint density at radius 1 is 0.500 bits per heavy atom. The van der Waals surface area contributed by atoms with Crippen molar-refractivity contribution < 1.29 is 0 Å². The summed E-state index contributed by atoms with van der Waals surface area (Å²) in [7, 11) is 0. The Labute approximate surface area is 198 Å². The van der Waals surface area contributed by atoms with E-state index in [0.717, 1.165) is 62.0 Å². The fourth-order valence-electron chi connectivity index (χ4n) is 3.84. The molecule has 0 unspecified atom stereocenters. The van der Waals surface area contributed by atoms with Gasteiger partial charge >= 0.3 is 0 Å². The van der Waals surface area contributed by atoms with Gasteiger partial charge in [-0.15, -0.1) is 0 Å². The van der Waals surface area contributed by atoms with Crippen LogP contribution in [0, 0.1) is 20.8 Å². The van der Waals surface area contributed by atoms with E-state index >= 15 is 0 Å². The molecule has 6 nitrogen and oxygen atoms in total. The Bertz CT molecular complexity index is 1540. The number of H-pyrrole nitrogens is 3. The van der Waals surface area contributed by atoms with Gasteiger partial charge in [0.15, 0.2) is 0 Å². The summed E-state index contributed by atoms with van der Waals surface area (Å²) in [5.74, 6) is 0. The molecule has 5 rings (SSSR count). The predicted molar refractivity (Wildman–Crippen MR) is 142 cm³/mol. The SMILES string of the molecule is Cc1ccc(C=Nc2ccc3c(N=Cc4ccc(C)[nH]4)ccc(N=Cc4ccc(C)[nH]4)c3c2)[nH]1. The van der Waals surface area contributed by atoms with Gasteiger partial charge in [0.1, 0.15) is 0 Å². The molecule has 0 radical (unpaired) electrons. The minimum absolute atomic E-state index is 0.855. The summed E-state index contributed by atoms with van der Waals surface area (Å²) in [5, 5.41) is 2.01. The van der Waals surface area contributed by atoms with E-state index in [4.69, 9.17) is 9.98 Å². The summed E-state index contributed by atoms with van der Waals surface area (Å²) in [6.45, 7) is 6.09. The van der Waals surface area contributed by atoms with Crippen LogP contribution in [0.4, 0.5) is 17.1 Å². The highest BCUT2D eigenvalue weighted by molar-refractivity contribution is 6.04. The summed E-state index contributed by atoms with van der Waals surface area (Å²) in [5.41, 5.74) is 8.82. The number of aromatic amines is 3. The van der Waals surface area contributed by atoms with Crippen molar-refractivity contribution in [3.05, 3.63) is 101 Å². The van der Waals surface area contributed by atoms with Crippen molar-refractivity contribution in [1.29, 1.82) is 0 Å². The van der Waals surface area contributed by atoms with Crippen LogP contribution in [0.15, 0.2) is 81.7 Å². The Kier molecular flexibility index (Phi) is 5.79. The molecule has 0 aliphatic rings. The Morgan fingerprint density at radius 3 is 1.44 bits per heavy atom. The minimum atomic E-state index is 0.855. The number of nitrogens with one attached hydrogen (secondary N) is 3. The maximum atomic E-state index is 4.77. The Morgan fingerprint density at radius 2 is 0.971 bits per heavy atom. The zero-order valence-corrected chi connectivity index (χ0v) is 19.4. The number of rotatable bonds is 6. The van der Waals surface area contributed by atoms with E-state index in [1.54, 1.807) is 0 Å². The van der Waals surface area contributed by atoms with Crippen LogP contribution in [0.3, 0.4) is 0 Å². The first kappa shape index (κ1) is 21.4. The van der Waals surface area contributed by atoms with Crippen LogP contribution in [-0.4, -0.2) is 33.6 Å². The van der Waals surface area contributed by atoms with Crippen LogP contribution in [-0.2, 0) is 0 Å².